The molecular formula is C15H13F4NO6S. The van der Waals surface area contributed by atoms with Crippen LogP contribution >= 0.6 is 0 Å². The van der Waals surface area contributed by atoms with Crippen LogP contribution in [0.1, 0.15) is 5.56 Å². The first-order valence-electron chi connectivity index (χ1n) is 7.40. The van der Waals surface area contributed by atoms with E-state index in [9.17, 15) is 22.4 Å². The Bertz CT molecular complexity index is 867. The molecule has 0 aliphatic carbocycles. The molecule has 2 aliphatic rings. The molecule has 1 saturated heterocycles. The lowest BCUT2D eigenvalue weighted by Crippen LogP contribution is -2.34. The molecule has 27 heavy (non-hydrogen) atoms. The summed E-state index contributed by atoms with van der Waals surface area (Å²) in [7, 11) is -6.09. The standard InChI is InChI=1S/C14H13FNO3.CHF3O3S/c15-11-3-1-10(2-4-11)13-9-12(14(17)19-13)16-5-7-18-8-6-16;2-1(3,4)8(5,6)7/h1-4,9H,5-8H2;(H,5,6,7)/q+1;/p-1. The zero-order chi connectivity index (χ0) is 20.2. The van der Waals surface area contributed by atoms with Gasteiger partial charge in [0.05, 0.1) is 6.08 Å². The number of halogens is 4. The summed E-state index contributed by atoms with van der Waals surface area (Å²) in [5.41, 5.74) is -4.41. The molecule has 1 fully saturated rings. The quantitative estimate of drug-likeness (QED) is 0.227. The molecule has 2 aliphatic heterocycles. The smallest absolute Gasteiger partial charge is 0.485 e. The molecule has 0 radical (unpaired) electrons. The maximum absolute atomic E-state index is 12.9. The van der Waals surface area contributed by atoms with Crippen molar-refractivity contribution >= 4 is 27.6 Å². The van der Waals surface area contributed by atoms with Crippen LogP contribution in [0.5, 0.6) is 0 Å². The number of benzene rings is 1. The lowest BCUT2D eigenvalue weighted by molar-refractivity contribution is -0.547. The molecule has 0 unspecified atom stereocenters. The largest absolute Gasteiger partial charge is 0.741 e. The second-order valence-electron chi connectivity index (χ2n) is 5.29. The van der Waals surface area contributed by atoms with Crippen LogP contribution in [-0.2, 0) is 24.4 Å². The van der Waals surface area contributed by atoms with E-state index >= 15 is 0 Å². The Morgan fingerprint density at radius 1 is 1.07 bits per heavy atom. The molecule has 3 rings (SSSR count). The van der Waals surface area contributed by atoms with Crippen LogP contribution in [0, 0.1) is 5.82 Å². The van der Waals surface area contributed by atoms with E-state index in [4.69, 9.17) is 22.4 Å². The summed E-state index contributed by atoms with van der Waals surface area (Å²) in [5.74, 6) is -0.209. The van der Waals surface area contributed by atoms with Gasteiger partial charge in [0.15, 0.2) is 23.2 Å². The summed E-state index contributed by atoms with van der Waals surface area (Å²) in [6.07, 6.45) is 1.71. The molecule has 0 aromatic heterocycles. The molecule has 0 amide bonds. The minimum absolute atomic E-state index is 0.314. The van der Waals surface area contributed by atoms with Gasteiger partial charge in [0.1, 0.15) is 24.8 Å². The summed E-state index contributed by atoms with van der Waals surface area (Å²) < 4.78 is 84.2. The topological polar surface area (TPSA) is 95.7 Å². The maximum Gasteiger partial charge on any atom is 0.485 e. The van der Waals surface area contributed by atoms with E-state index in [0.717, 1.165) is 0 Å². The highest BCUT2D eigenvalue weighted by molar-refractivity contribution is 7.86. The van der Waals surface area contributed by atoms with Crippen molar-refractivity contribution in [1.82, 2.24) is 0 Å². The third kappa shape index (κ3) is 5.58. The average Bonchev–Trinajstić information content (AvgIpc) is 2.97. The average molecular weight is 411 g/mol. The van der Waals surface area contributed by atoms with Gasteiger partial charge in [0.25, 0.3) is 5.71 Å². The zero-order valence-corrected chi connectivity index (χ0v) is 14.3. The van der Waals surface area contributed by atoms with E-state index in [-0.39, 0.29) is 11.8 Å². The highest BCUT2D eigenvalue weighted by Crippen LogP contribution is 2.22. The fourth-order valence-electron chi connectivity index (χ4n) is 2.15. The summed E-state index contributed by atoms with van der Waals surface area (Å²) in [5, 5.41) is 0. The number of rotatable bonds is 1. The Hall–Kier alpha value is -2.31. The monoisotopic (exact) mass is 411 g/mol. The Morgan fingerprint density at radius 3 is 2.07 bits per heavy atom. The normalized spacial score (nSPS) is 17.8. The van der Waals surface area contributed by atoms with E-state index in [1.165, 1.54) is 12.1 Å². The molecule has 0 bridgehead atoms. The van der Waals surface area contributed by atoms with Gasteiger partial charge in [-0.3, -0.25) is 0 Å². The summed E-state index contributed by atoms with van der Waals surface area (Å²) in [6.45, 7) is 2.57. The van der Waals surface area contributed by atoms with E-state index in [1.54, 1.807) is 18.2 Å². The van der Waals surface area contributed by atoms with Crippen molar-refractivity contribution in [2.24, 2.45) is 0 Å². The number of carbonyl (C=O) groups excluding carboxylic acids is 1. The van der Waals surface area contributed by atoms with Crippen LogP contribution in [0.2, 0.25) is 0 Å². The Kier molecular flexibility index (Phi) is 6.34. The molecule has 0 atom stereocenters. The number of hydrogen-bond donors (Lipinski definition) is 0. The van der Waals surface area contributed by atoms with Crippen molar-refractivity contribution in [1.29, 1.82) is 0 Å². The number of alkyl halides is 3. The molecule has 7 nitrogen and oxygen atoms in total. The molecule has 148 valence electrons. The fourth-order valence-corrected chi connectivity index (χ4v) is 2.15. The number of carbonyl (C=O) groups is 1. The lowest BCUT2D eigenvalue weighted by atomic mass is 10.1. The van der Waals surface area contributed by atoms with Crippen LogP contribution < -0.4 is 0 Å². The molecule has 0 N–H and O–H groups in total. The minimum Gasteiger partial charge on any atom is -0.741 e. The van der Waals surface area contributed by atoms with Crippen molar-refractivity contribution in [3.05, 3.63) is 41.7 Å². The molecule has 12 heteroatoms. The molecule has 0 spiro atoms. The van der Waals surface area contributed by atoms with Gasteiger partial charge in [0, 0.05) is 5.56 Å². The lowest BCUT2D eigenvalue weighted by Gasteiger charge is -2.10. The third-order valence-corrected chi connectivity index (χ3v) is 4.01. The molecule has 0 saturated carbocycles. The van der Waals surface area contributed by atoms with Gasteiger partial charge in [-0.1, -0.05) is 0 Å². The third-order valence-electron chi connectivity index (χ3n) is 3.44. The summed E-state index contributed by atoms with van der Waals surface area (Å²) >= 11 is 0. The second-order valence-corrected chi connectivity index (χ2v) is 6.66. The van der Waals surface area contributed by atoms with Crippen LogP contribution in [0.25, 0.3) is 5.76 Å². The SMILES string of the molecule is O=C1OC(c2ccc(F)cc2)=CC1=[N+]1CCOCC1.O=S(=O)([O-])C(F)(F)F. The van der Waals surface area contributed by atoms with Gasteiger partial charge in [0.2, 0.25) is 0 Å². The molecule has 1 aromatic rings. The first kappa shape index (κ1) is 21.0. The van der Waals surface area contributed by atoms with Gasteiger partial charge in [-0.05, 0) is 24.3 Å². The van der Waals surface area contributed by atoms with E-state index < -0.39 is 15.6 Å². The highest BCUT2D eigenvalue weighted by atomic mass is 32.2. The van der Waals surface area contributed by atoms with Crippen molar-refractivity contribution in [3.8, 4) is 0 Å². The predicted molar refractivity (Wildman–Crippen MR) is 82.0 cm³/mol. The number of cyclic esters (lactones) is 1. The first-order valence-corrected chi connectivity index (χ1v) is 8.81. The Balaban J connectivity index is 0.000000279. The first-order chi connectivity index (χ1) is 12.5. The van der Waals surface area contributed by atoms with Crippen LogP contribution in [0.4, 0.5) is 17.6 Å². The number of hydrogen-bond acceptors (Lipinski definition) is 6. The Labute approximate surface area is 151 Å². The fraction of sp³-hybridized carbons (Fsp3) is 0.333. The van der Waals surface area contributed by atoms with Crippen molar-refractivity contribution in [2.45, 2.75) is 5.51 Å². The van der Waals surface area contributed by atoms with Gasteiger partial charge >= 0.3 is 11.5 Å². The van der Waals surface area contributed by atoms with E-state index in [0.29, 0.717) is 43.3 Å². The van der Waals surface area contributed by atoms with Gasteiger partial charge in [-0.25, -0.2) is 22.2 Å². The van der Waals surface area contributed by atoms with Crippen LogP contribution in [-0.4, -0.2) is 61.0 Å². The van der Waals surface area contributed by atoms with Crippen molar-refractivity contribution < 1.29 is 49.4 Å². The predicted octanol–water partition coefficient (Wildman–Crippen LogP) is 1.26. The second kappa shape index (κ2) is 8.15. The highest BCUT2D eigenvalue weighted by Gasteiger charge is 2.37. The van der Waals surface area contributed by atoms with Crippen molar-refractivity contribution in [2.75, 3.05) is 26.3 Å². The summed E-state index contributed by atoms with van der Waals surface area (Å²) in [4.78, 5) is 11.9. The maximum atomic E-state index is 12.9. The summed E-state index contributed by atoms with van der Waals surface area (Å²) in [6, 6.07) is 5.88. The van der Waals surface area contributed by atoms with Gasteiger partial charge in [-0.2, -0.15) is 13.2 Å². The number of ether oxygens (including phenoxy) is 2. The van der Waals surface area contributed by atoms with Crippen LogP contribution in [0.3, 0.4) is 0 Å². The van der Waals surface area contributed by atoms with E-state index in [2.05, 4.69) is 0 Å². The van der Waals surface area contributed by atoms with E-state index in [1.807, 2.05) is 4.58 Å². The van der Waals surface area contributed by atoms with Crippen molar-refractivity contribution in [3.63, 3.8) is 0 Å². The molecular weight excluding hydrogens is 398 g/mol. The number of morpholine rings is 1. The van der Waals surface area contributed by atoms with Crippen LogP contribution in [0.15, 0.2) is 30.3 Å². The number of esters is 1. The zero-order valence-electron chi connectivity index (χ0n) is 13.5. The minimum atomic E-state index is -6.09. The molecule has 2 heterocycles. The van der Waals surface area contributed by atoms with Gasteiger partial charge < -0.3 is 14.0 Å². The number of nitrogens with zero attached hydrogens (tertiary/aromatic N) is 1. The van der Waals surface area contributed by atoms with Gasteiger partial charge in [-0.15, -0.1) is 0 Å². The Morgan fingerprint density at radius 2 is 1.59 bits per heavy atom. The molecule has 1 aromatic carbocycles.